The molecule has 0 saturated carbocycles. The third kappa shape index (κ3) is 2.49. The molecule has 0 bridgehead atoms. The van der Waals surface area contributed by atoms with Crippen LogP contribution >= 0.6 is 0 Å². The van der Waals surface area contributed by atoms with E-state index in [0.717, 1.165) is 0 Å². The van der Waals surface area contributed by atoms with Gasteiger partial charge in [-0.15, -0.1) is 0 Å². The lowest BCUT2D eigenvalue weighted by molar-refractivity contribution is 0.100. The van der Waals surface area contributed by atoms with Gasteiger partial charge in [0, 0.05) is 14.1 Å². The van der Waals surface area contributed by atoms with Crippen LogP contribution in [0.2, 0.25) is 0 Å². The van der Waals surface area contributed by atoms with Crippen LogP contribution in [0.5, 0.6) is 5.75 Å². The summed E-state index contributed by atoms with van der Waals surface area (Å²) in [6, 6.07) is 2.68. The lowest BCUT2D eigenvalue weighted by Crippen LogP contribution is -2.24. The van der Waals surface area contributed by atoms with Crippen molar-refractivity contribution in [3.63, 3.8) is 0 Å². The normalized spacial score (nSPS) is 9.39. The molecule has 1 amide bonds. The van der Waals surface area contributed by atoms with E-state index in [2.05, 4.69) is 9.84 Å². The lowest BCUT2D eigenvalue weighted by Gasteiger charge is -2.18. The van der Waals surface area contributed by atoms with Crippen LogP contribution in [0.1, 0.15) is 10.4 Å². The van der Waals surface area contributed by atoms with Crippen molar-refractivity contribution in [3.8, 4) is 5.75 Å². The van der Waals surface area contributed by atoms with Crippen LogP contribution in [-0.2, 0) is 0 Å². The van der Waals surface area contributed by atoms with Gasteiger partial charge in [-0.3, -0.25) is 4.79 Å². The first-order valence-corrected chi connectivity index (χ1v) is 4.93. The Morgan fingerprint density at radius 3 is 2.50 bits per heavy atom. The molecule has 0 aromatic heterocycles. The largest absolute Gasteiger partial charge is 0.507 e. The quantitative estimate of drug-likeness (QED) is 0.398. The average molecular weight is 247 g/mol. The van der Waals surface area contributed by atoms with Crippen molar-refractivity contribution in [1.82, 2.24) is 0 Å². The van der Waals surface area contributed by atoms with E-state index in [-0.39, 0.29) is 22.7 Å². The summed E-state index contributed by atoms with van der Waals surface area (Å²) in [7, 11) is 3.30. The van der Waals surface area contributed by atoms with E-state index < -0.39 is 11.9 Å². The number of anilines is 1. The second-order valence-electron chi connectivity index (χ2n) is 3.68. The zero-order valence-electron chi connectivity index (χ0n) is 10.0. The van der Waals surface area contributed by atoms with Gasteiger partial charge in [-0.25, -0.2) is 4.85 Å². The van der Waals surface area contributed by atoms with Gasteiger partial charge in [-0.2, -0.15) is 4.99 Å². The molecule has 0 fully saturated rings. The van der Waals surface area contributed by atoms with Gasteiger partial charge < -0.3 is 21.5 Å². The molecule has 7 nitrogen and oxygen atoms in total. The van der Waals surface area contributed by atoms with E-state index in [4.69, 9.17) is 18.0 Å². The molecule has 0 radical (unpaired) electrons. The number of carbonyl (C=O) groups excluding carboxylic acids is 1. The van der Waals surface area contributed by atoms with E-state index in [9.17, 15) is 9.90 Å². The van der Waals surface area contributed by atoms with Gasteiger partial charge >= 0.3 is 0 Å². The highest BCUT2D eigenvalue weighted by Gasteiger charge is 2.21. The van der Waals surface area contributed by atoms with Crippen molar-refractivity contribution < 1.29 is 9.90 Å². The average Bonchev–Trinajstić information content (AvgIpc) is 2.27. The summed E-state index contributed by atoms with van der Waals surface area (Å²) in [6.07, 6.45) is 0. The first-order valence-electron chi connectivity index (χ1n) is 4.93. The Balaban J connectivity index is 3.56. The van der Waals surface area contributed by atoms with Crippen LogP contribution in [0.4, 0.5) is 11.4 Å². The van der Waals surface area contributed by atoms with E-state index in [0.29, 0.717) is 0 Å². The van der Waals surface area contributed by atoms with E-state index >= 15 is 0 Å². The topological polar surface area (TPSA) is 109 Å². The predicted octanol–water partition coefficient (Wildman–Crippen LogP) is 0.423. The van der Waals surface area contributed by atoms with Crippen molar-refractivity contribution in [3.05, 3.63) is 29.1 Å². The maximum atomic E-state index is 11.8. The Labute approximate surface area is 104 Å². The number of guanidine groups is 1. The number of amides is 1. The number of aromatic hydroxyl groups is 1. The first kappa shape index (κ1) is 13.3. The Hall–Kier alpha value is -2.75. The maximum Gasteiger partial charge on any atom is 0.284 e. The summed E-state index contributed by atoms with van der Waals surface area (Å²) in [4.78, 5) is 20.0. The molecule has 1 rings (SSSR count). The molecule has 0 aliphatic heterocycles. The fourth-order valence-corrected chi connectivity index (χ4v) is 1.50. The molecule has 0 heterocycles. The van der Waals surface area contributed by atoms with Crippen LogP contribution in [0.3, 0.4) is 0 Å². The fraction of sp³-hybridized carbons (Fsp3) is 0.182. The molecule has 0 unspecified atom stereocenters. The van der Waals surface area contributed by atoms with Gasteiger partial charge in [0.15, 0.2) is 5.96 Å². The molecular weight excluding hydrogens is 234 g/mol. The molecule has 0 spiro atoms. The van der Waals surface area contributed by atoms with Gasteiger partial charge in [0.1, 0.15) is 5.75 Å². The third-order valence-corrected chi connectivity index (χ3v) is 2.15. The minimum Gasteiger partial charge on any atom is -0.507 e. The maximum absolute atomic E-state index is 11.8. The lowest BCUT2D eigenvalue weighted by atomic mass is 10.1. The number of carbonyl (C=O) groups is 1. The minimum absolute atomic E-state index is 0.0955. The minimum atomic E-state index is -0.790. The second kappa shape index (κ2) is 5.05. The van der Waals surface area contributed by atoms with E-state index in [1.54, 1.807) is 19.0 Å². The van der Waals surface area contributed by atoms with Gasteiger partial charge in [0.05, 0.1) is 17.8 Å². The first-order chi connectivity index (χ1) is 8.38. The number of benzene rings is 1. The van der Waals surface area contributed by atoms with Gasteiger partial charge in [0.25, 0.3) is 5.91 Å². The molecule has 0 aliphatic rings. The van der Waals surface area contributed by atoms with Crippen molar-refractivity contribution in [1.29, 1.82) is 0 Å². The number of hydrogen-bond acceptors (Lipinski definition) is 3. The number of nitrogens with zero attached hydrogens (tertiary/aromatic N) is 3. The molecular formula is C11H13N5O2. The van der Waals surface area contributed by atoms with Crippen molar-refractivity contribution in [2.75, 3.05) is 19.0 Å². The number of phenolic OH excluding ortho intramolecular Hbond substituents is 1. The predicted molar refractivity (Wildman–Crippen MR) is 68.8 cm³/mol. The number of nitrogens with two attached hydrogens (primary N) is 2. The Morgan fingerprint density at radius 2 is 2.06 bits per heavy atom. The summed E-state index contributed by atoms with van der Waals surface area (Å²) in [5.41, 5.74) is 10.7. The van der Waals surface area contributed by atoms with E-state index in [1.165, 1.54) is 12.1 Å². The number of hydrogen-bond donors (Lipinski definition) is 3. The number of phenols is 1. The molecule has 18 heavy (non-hydrogen) atoms. The monoisotopic (exact) mass is 247 g/mol. The smallest absolute Gasteiger partial charge is 0.284 e. The number of rotatable bonds is 2. The van der Waals surface area contributed by atoms with Crippen LogP contribution in [0.25, 0.3) is 4.85 Å². The number of aliphatic imine (C=N–C) groups is 1. The standard InChI is InChI=1S/C11H13N5O2/c1-14-6-4-5-7(17)8(9(6)16(2)3)10(18)15-11(12)13/h4-5,17H,2-3H3,(H4,12,13,15,18). The van der Waals surface area contributed by atoms with Crippen molar-refractivity contribution in [2.24, 2.45) is 16.5 Å². The molecule has 0 aliphatic carbocycles. The fourth-order valence-electron chi connectivity index (χ4n) is 1.50. The molecule has 1 aromatic carbocycles. The molecule has 7 heteroatoms. The van der Waals surface area contributed by atoms with Crippen molar-refractivity contribution >= 4 is 23.2 Å². The second-order valence-corrected chi connectivity index (χ2v) is 3.68. The Kier molecular flexibility index (Phi) is 3.74. The van der Waals surface area contributed by atoms with Gasteiger partial charge in [-0.1, -0.05) is 6.07 Å². The molecule has 5 N–H and O–H groups in total. The molecule has 0 atom stereocenters. The summed E-state index contributed by atoms with van der Waals surface area (Å²) in [6.45, 7) is 7.05. The highest BCUT2D eigenvalue weighted by Crippen LogP contribution is 2.37. The highest BCUT2D eigenvalue weighted by molar-refractivity contribution is 6.09. The SMILES string of the molecule is [C-]#[N+]c1ccc(O)c(C(=O)N=C(N)N)c1N(C)C. The van der Waals surface area contributed by atoms with Crippen LogP contribution in [-0.4, -0.2) is 31.1 Å². The zero-order valence-corrected chi connectivity index (χ0v) is 10.0. The van der Waals surface area contributed by atoms with Crippen molar-refractivity contribution in [2.45, 2.75) is 0 Å². The Morgan fingerprint density at radius 1 is 1.44 bits per heavy atom. The highest BCUT2D eigenvalue weighted by atomic mass is 16.3. The van der Waals surface area contributed by atoms with Crippen LogP contribution in [0, 0.1) is 6.57 Å². The third-order valence-electron chi connectivity index (χ3n) is 2.15. The molecule has 94 valence electrons. The Bertz CT molecular complexity index is 553. The molecule has 1 aromatic rings. The van der Waals surface area contributed by atoms with Gasteiger partial charge in [0.2, 0.25) is 5.69 Å². The summed E-state index contributed by atoms with van der Waals surface area (Å²) < 4.78 is 0. The molecule has 0 saturated heterocycles. The zero-order chi connectivity index (χ0) is 13.9. The van der Waals surface area contributed by atoms with Gasteiger partial charge in [-0.05, 0) is 6.07 Å². The van der Waals surface area contributed by atoms with Crippen LogP contribution < -0.4 is 16.4 Å². The summed E-state index contributed by atoms with van der Waals surface area (Å²) in [5, 5.41) is 9.74. The van der Waals surface area contributed by atoms with Crippen LogP contribution in [0.15, 0.2) is 17.1 Å². The summed E-state index contributed by atoms with van der Waals surface area (Å²) in [5.74, 6) is -1.47. The summed E-state index contributed by atoms with van der Waals surface area (Å²) >= 11 is 0. The van der Waals surface area contributed by atoms with E-state index in [1.807, 2.05) is 0 Å².